The van der Waals surface area contributed by atoms with Gasteiger partial charge >= 0.3 is 0 Å². The number of carbonyl (C=O) groups is 1. The summed E-state index contributed by atoms with van der Waals surface area (Å²) in [6.07, 6.45) is 1.64. The van der Waals surface area contributed by atoms with E-state index in [1.165, 1.54) is 0 Å². The van der Waals surface area contributed by atoms with Crippen molar-refractivity contribution in [3.8, 4) is 5.69 Å². The van der Waals surface area contributed by atoms with Gasteiger partial charge in [0.2, 0.25) is 0 Å². The lowest BCUT2D eigenvalue weighted by molar-refractivity contribution is 0.00672. The molecule has 1 aromatic heterocycles. The van der Waals surface area contributed by atoms with Gasteiger partial charge in [0, 0.05) is 30.1 Å². The number of halogens is 1. The molecular weight excluding hydrogens is 408 g/mol. The van der Waals surface area contributed by atoms with Crippen LogP contribution in [-0.4, -0.2) is 59.5 Å². The Kier molecular flexibility index (Phi) is 6.68. The maximum absolute atomic E-state index is 12.8. The highest BCUT2D eigenvalue weighted by molar-refractivity contribution is 9.10. The number of aromatic nitrogens is 2. The molecule has 1 amide bonds. The number of hydrogen-bond donors (Lipinski definition) is 1. The minimum Gasteiger partial charge on any atom is -0.379 e. The number of benzene rings is 1. The van der Waals surface area contributed by atoms with Crippen LogP contribution in [0.1, 0.15) is 29.9 Å². The average molecular weight is 435 g/mol. The van der Waals surface area contributed by atoms with Crippen molar-refractivity contribution in [2.24, 2.45) is 5.92 Å². The van der Waals surface area contributed by atoms with Crippen molar-refractivity contribution in [1.82, 2.24) is 20.0 Å². The summed E-state index contributed by atoms with van der Waals surface area (Å²) < 4.78 is 8.26. The molecule has 0 bridgehead atoms. The molecule has 2 heterocycles. The van der Waals surface area contributed by atoms with Crippen LogP contribution in [-0.2, 0) is 4.74 Å². The van der Waals surface area contributed by atoms with E-state index in [0.29, 0.717) is 24.1 Å². The standard InChI is InChI=1S/C20H27BrN4O2/c1-14(2)19(24-8-10-27-11-9-24)13-22-20(26)18-12-23-25(15(18)3)17-6-4-16(21)5-7-17/h4-7,12,14,19H,8-11,13H2,1-3H3,(H,22,26). The molecular formula is C20H27BrN4O2. The summed E-state index contributed by atoms with van der Waals surface area (Å²) in [5.74, 6) is 0.379. The van der Waals surface area contributed by atoms with Gasteiger partial charge in [0.15, 0.2) is 0 Å². The van der Waals surface area contributed by atoms with Gasteiger partial charge in [-0.05, 0) is 37.1 Å². The Morgan fingerprint density at radius 2 is 1.93 bits per heavy atom. The molecule has 1 aliphatic heterocycles. The molecule has 1 atom stereocenters. The van der Waals surface area contributed by atoms with Crippen LogP contribution < -0.4 is 5.32 Å². The van der Waals surface area contributed by atoms with Gasteiger partial charge in [0.1, 0.15) is 0 Å². The van der Waals surface area contributed by atoms with E-state index in [2.05, 4.69) is 45.1 Å². The van der Waals surface area contributed by atoms with E-state index in [0.717, 1.165) is 42.2 Å². The number of amides is 1. The summed E-state index contributed by atoms with van der Waals surface area (Å²) in [7, 11) is 0. The van der Waals surface area contributed by atoms with Gasteiger partial charge in [-0.25, -0.2) is 4.68 Å². The maximum Gasteiger partial charge on any atom is 0.254 e. The molecule has 0 saturated carbocycles. The zero-order chi connectivity index (χ0) is 19.4. The number of hydrogen-bond acceptors (Lipinski definition) is 4. The van der Waals surface area contributed by atoms with Crippen LogP contribution in [0.15, 0.2) is 34.9 Å². The number of rotatable bonds is 6. The predicted octanol–water partition coefficient (Wildman–Crippen LogP) is 3.03. The SMILES string of the molecule is Cc1c(C(=O)NCC(C(C)C)N2CCOCC2)cnn1-c1ccc(Br)cc1. The van der Waals surface area contributed by atoms with Crippen LogP contribution in [0.25, 0.3) is 5.69 Å². The van der Waals surface area contributed by atoms with Gasteiger partial charge in [0.05, 0.1) is 36.4 Å². The van der Waals surface area contributed by atoms with Crippen molar-refractivity contribution < 1.29 is 9.53 Å². The third-order valence-electron chi connectivity index (χ3n) is 5.08. The first kappa shape index (κ1) is 20.0. The summed E-state index contributed by atoms with van der Waals surface area (Å²) in [6, 6.07) is 8.18. The molecule has 2 aromatic rings. The van der Waals surface area contributed by atoms with Crippen LogP contribution in [0.5, 0.6) is 0 Å². The first-order chi connectivity index (χ1) is 13.0. The molecule has 3 rings (SSSR count). The Labute approximate surface area is 169 Å². The van der Waals surface area contributed by atoms with Crippen LogP contribution in [0.3, 0.4) is 0 Å². The van der Waals surface area contributed by atoms with E-state index in [1.54, 1.807) is 10.9 Å². The number of nitrogens with zero attached hydrogens (tertiary/aromatic N) is 3. The first-order valence-electron chi connectivity index (χ1n) is 9.38. The molecule has 1 N–H and O–H groups in total. The second kappa shape index (κ2) is 8.99. The third-order valence-corrected chi connectivity index (χ3v) is 5.61. The lowest BCUT2D eigenvalue weighted by Crippen LogP contribution is -2.51. The van der Waals surface area contributed by atoms with E-state index in [1.807, 2.05) is 31.2 Å². The highest BCUT2D eigenvalue weighted by Gasteiger charge is 2.25. The van der Waals surface area contributed by atoms with Crippen LogP contribution in [0.4, 0.5) is 0 Å². The molecule has 6 nitrogen and oxygen atoms in total. The number of carbonyl (C=O) groups excluding carboxylic acids is 1. The van der Waals surface area contributed by atoms with E-state index < -0.39 is 0 Å². The number of ether oxygens (including phenoxy) is 1. The monoisotopic (exact) mass is 434 g/mol. The zero-order valence-electron chi connectivity index (χ0n) is 16.1. The molecule has 0 radical (unpaired) electrons. The van der Waals surface area contributed by atoms with E-state index in [4.69, 9.17) is 4.74 Å². The fraction of sp³-hybridized carbons (Fsp3) is 0.500. The third kappa shape index (κ3) is 4.78. The molecule has 1 saturated heterocycles. The molecule has 0 aliphatic carbocycles. The maximum atomic E-state index is 12.8. The second-order valence-corrected chi connectivity index (χ2v) is 8.12. The Morgan fingerprint density at radius 1 is 1.26 bits per heavy atom. The summed E-state index contributed by atoms with van der Waals surface area (Å²) in [6.45, 7) is 10.3. The molecule has 1 aliphatic rings. The summed E-state index contributed by atoms with van der Waals surface area (Å²) in [4.78, 5) is 15.2. The molecule has 0 spiro atoms. The van der Waals surface area contributed by atoms with Crippen molar-refractivity contribution in [3.63, 3.8) is 0 Å². The van der Waals surface area contributed by atoms with E-state index >= 15 is 0 Å². The van der Waals surface area contributed by atoms with Crippen LogP contribution in [0, 0.1) is 12.8 Å². The molecule has 1 unspecified atom stereocenters. The van der Waals surface area contributed by atoms with Crippen molar-refractivity contribution in [1.29, 1.82) is 0 Å². The van der Waals surface area contributed by atoms with Gasteiger partial charge in [-0.2, -0.15) is 5.10 Å². The molecule has 7 heteroatoms. The van der Waals surface area contributed by atoms with E-state index in [-0.39, 0.29) is 5.91 Å². The molecule has 27 heavy (non-hydrogen) atoms. The summed E-state index contributed by atoms with van der Waals surface area (Å²) >= 11 is 3.44. The molecule has 146 valence electrons. The number of nitrogens with one attached hydrogen (secondary N) is 1. The van der Waals surface area contributed by atoms with Crippen molar-refractivity contribution >= 4 is 21.8 Å². The van der Waals surface area contributed by atoms with Gasteiger partial charge in [-0.15, -0.1) is 0 Å². The Bertz CT molecular complexity index is 767. The lowest BCUT2D eigenvalue weighted by atomic mass is 10.0. The Balaban J connectivity index is 1.68. The van der Waals surface area contributed by atoms with Crippen molar-refractivity contribution in [2.75, 3.05) is 32.8 Å². The van der Waals surface area contributed by atoms with Gasteiger partial charge in [-0.1, -0.05) is 29.8 Å². The van der Waals surface area contributed by atoms with E-state index in [9.17, 15) is 4.79 Å². The van der Waals surface area contributed by atoms with Crippen LogP contribution in [0.2, 0.25) is 0 Å². The zero-order valence-corrected chi connectivity index (χ0v) is 17.7. The number of morpholine rings is 1. The highest BCUT2D eigenvalue weighted by Crippen LogP contribution is 2.18. The fourth-order valence-electron chi connectivity index (χ4n) is 3.46. The topological polar surface area (TPSA) is 59.4 Å². The van der Waals surface area contributed by atoms with Gasteiger partial charge < -0.3 is 10.1 Å². The predicted molar refractivity (Wildman–Crippen MR) is 109 cm³/mol. The highest BCUT2D eigenvalue weighted by atomic mass is 79.9. The molecule has 1 fully saturated rings. The molecule has 1 aromatic carbocycles. The minimum atomic E-state index is -0.0743. The quantitative estimate of drug-likeness (QED) is 0.758. The largest absolute Gasteiger partial charge is 0.379 e. The van der Waals surface area contributed by atoms with Gasteiger partial charge in [-0.3, -0.25) is 9.69 Å². The summed E-state index contributed by atoms with van der Waals surface area (Å²) in [5, 5.41) is 7.51. The Hall–Kier alpha value is -1.70. The lowest BCUT2D eigenvalue weighted by Gasteiger charge is -2.36. The van der Waals surface area contributed by atoms with Crippen molar-refractivity contribution in [3.05, 3.63) is 46.2 Å². The first-order valence-corrected chi connectivity index (χ1v) is 10.2. The summed E-state index contributed by atoms with van der Waals surface area (Å²) in [5.41, 5.74) is 2.38. The van der Waals surface area contributed by atoms with Crippen molar-refractivity contribution in [2.45, 2.75) is 26.8 Å². The average Bonchev–Trinajstić information content (AvgIpc) is 3.04. The Morgan fingerprint density at radius 3 is 2.56 bits per heavy atom. The minimum absolute atomic E-state index is 0.0743. The van der Waals surface area contributed by atoms with Gasteiger partial charge in [0.25, 0.3) is 5.91 Å². The fourth-order valence-corrected chi connectivity index (χ4v) is 3.73. The second-order valence-electron chi connectivity index (χ2n) is 7.20. The normalized spacial score (nSPS) is 16.5. The van der Waals surface area contributed by atoms with Crippen LogP contribution >= 0.6 is 15.9 Å². The smallest absolute Gasteiger partial charge is 0.254 e.